The Morgan fingerprint density at radius 2 is 1.89 bits per heavy atom. The minimum Gasteiger partial charge on any atom is -0.496 e. The lowest BCUT2D eigenvalue weighted by atomic mass is 10.1. The van der Waals surface area contributed by atoms with Crippen molar-refractivity contribution >= 4 is 17.4 Å². The third-order valence-corrected chi connectivity index (χ3v) is 4.31. The number of hydrogen-bond acceptors (Lipinski definition) is 4. The van der Waals surface area contributed by atoms with Crippen LogP contribution in [0.5, 0.6) is 5.75 Å². The van der Waals surface area contributed by atoms with Gasteiger partial charge in [-0.2, -0.15) is 0 Å². The quantitative estimate of drug-likeness (QED) is 0.684. The Morgan fingerprint density at radius 1 is 1.07 bits per heavy atom. The van der Waals surface area contributed by atoms with E-state index in [2.05, 4.69) is 33.8 Å². The van der Waals surface area contributed by atoms with Crippen LogP contribution in [0, 0.1) is 13.8 Å². The van der Waals surface area contributed by atoms with Gasteiger partial charge in [-0.25, -0.2) is 4.98 Å². The Labute approximate surface area is 159 Å². The maximum atomic E-state index is 12.4. The summed E-state index contributed by atoms with van der Waals surface area (Å²) in [5, 5.41) is 6.19. The molecule has 0 aliphatic carbocycles. The van der Waals surface area contributed by atoms with E-state index in [-0.39, 0.29) is 5.91 Å². The van der Waals surface area contributed by atoms with Crippen LogP contribution >= 0.6 is 0 Å². The molecule has 0 aliphatic rings. The van der Waals surface area contributed by atoms with Crippen molar-refractivity contribution < 1.29 is 9.53 Å². The number of amides is 1. The molecule has 0 atom stereocenters. The lowest BCUT2D eigenvalue weighted by Crippen LogP contribution is -2.23. The van der Waals surface area contributed by atoms with Gasteiger partial charge >= 0.3 is 0 Å². The number of nitrogens with one attached hydrogen (secondary N) is 2. The zero-order valence-corrected chi connectivity index (χ0v) is 15.7. The normalized spacial score (nSPS) is 10.3. The highest BCUT2D eigenvalue weighted by Gasteiger charge is 2.09. The molecule has 0 saturated heterocycles. The molecule has 2 aromatic carbocycles. The van der Waals surface area contributed by atoms with Gasteiger partial charge in [-0.1, -0.05) is 30.3 Å². The number of para-hydroxylation sites is 1. The first-order chi connectivity index (χ1) is 13.1. The van der Waals surface area contributed by atoms with Crippen molar-refractivity contribution in [3.8, 4) is 5.75 Å². The van der Waals surface area contributed by atoms with E-state index in [1.54, 1.807) is 25.4 Å². The van der Waals surface area contributed by atoms with Crippen molar-refractivity contribution in [3.63, 3.8) is 0 Å². The molecular weight excluding hydrogens is 338 g/mol. The fraction of sp³-hybridized carbons (Fsp3) is 0.182. The first-order valence-corrected chi connectivity index (χ1v) is 8.77. The van der Waals surface area contributed by atoms with Gasteiger partial charge in [0.25, 0.3) is 5.91 Å². The third kappa shape index (κ3) is 4.64. The largest absolute Gasteiger partial charge is 0.496 e. The average molecular weight is 361 g/mol. The molecule has 0 unspecified atom stereocenters. The molecule has 0 fully saturated rings. The fourth-order valence-electron chi connectivity index (χ4n) is 2.74. The van der Waals surface area contributed by atoms with Gasteiger partial charge < -0.3 is 15.4 Å². The second kappa shape index (κ2) is 8.36. The molecule has 27 heavy (non-hydrogen) atoms. The highest BCUT2D eigenvalue weighted by molar-refractivity contribution is 5.94. The lowest BCUT2D eigenvalue weighted by Gasteiger charge is -2.11. The molecule has 0 aliphatic heterocycles. The molecule has 1 aromatic heterocycles. The number of hydrogen-bond donors (Lipinski definition) is 2. The summed E-state index contributed by atoms with van der Waals surface area (Å²) in [5.74, 6) is 1.28. The summed E-state index contributed by atoms with van der Waals surface area (Å²) in [7, 11) is 1.62. The second-order valence-electron chi connectivity index (χ2n) is 6.37. The van der Waals surface area contributed by atoms with Crippen LogP contribution in [0.15, 0.2) is 60.8 Å². The van der Waals surface area contributed by atoms with Crippen molar-refractivity contribution in [2.75, 3.05) is 12.4 Å². The maximum Gasteiger partial charge on any atom is 0.253 e. The van der Waals surface area contributed by atoms with Gasteiger partial charge in [0, 0.05) is 24.0 Å². The number of benzene rings is 2. The number of carbonyl (C=O) groups is 1. The van der Waals surface area contributed by atoms with Gasteiger partial charge in [0.05, 0.1) is 12.7 Å². The zero-order valence-electron chi connectivity index (χ0n) is 15.7. The first-order valence-electron chi connectivity index (χ1n) is 8.77. The molecule has 3 aromatic rings. The van der Waals surface area contributed by atoms with Gasteiger partial charge in [-0.05, 0) is 49.2 Å². The molecule has 0 saturated carbocycles. The SMILES string of the molecule is COc1ccccc1CNC(=O)c1ccc(Nc2cc(C)ccc2C)nc1. The number of pyridine rings is 1. The van der Waals surface area contributed by atoms with Crippen molar-refractivity contribution in [3.05, 3.63) is 83.0 Å². The van der Waals surface area contributed by atoms with Crippen molar-refractivity contribution in [1.82, 2.24) is 10.3 Å². The van der Waals surface area contributed by atoms with E-state index < -0.39 is 0 Å². The number of rotatable bonds is 6. The summed E-state index contributed by atoms with van der Waals surface area (Å²) in [5.41, 5.74) is 4.76. The Morgan fingerprint density at radius 3 is 2.63 bits per heavy atom. The predicted molar refractivity (Wildman–Crippen MR) is 108 cm³/mol. The fourth-order valence-corrected chi connectivity index (χ4v) is 2.74. The average Bonchev–Trinajstić information content (AvgIpc) is 2.69. The van der Waals surface area contributed by atoms with E-state index in [9.17, 15) is 4.79 Å². The van der Waals surface area contributed by atoms with Crippen LogP contribution in [0.4, 0.5) is 11.5 Å². The van der Waals surface area contributed by atoms with Crippen LogP contribution in [-0.2, 0) is 6.54 Å². The second-order valence-corrected chi connectivity index (χ2v) is 6.37. The van der Waals surface area contributed by atoms with E-state index in [0.29, 0.717) is 17.9 Å². The van der Waals surface area contributed by atoms with Gasteiger partial charge in [-0.3, -0.25) is 4.79 Å². The summed E-state index contributed by atoms with van der Waals surface area (Å²) >= 11 is 0. The van der Waals surface area contributed by atoms with Crippen LogP contribution in [0.1, 0.15) is 27.0 Å². The molecule has 1 amide bonds. The van der Waals surface area contributed by atoms with Crippen LogP contribution < -0.4 is 15.4 Å². The van der Waals surface area contributed by atoms with Gasteiger partial charge in [0.15, 0.2) is 0 Å². The van der Waals surface area contributed by atoms with Crippen LogP contribution in [0.2, 0.25) is 0 Å². The third-order valence-electron chi connectivity index (χ3n) is 4.31. The number of nitrogens with zero attached hydrogens (tertiary/aromatic N) is 1. The van der Waals surface area contributed by atoms with Crippen LogP contribution in [0.3, 0.4) is 0 Å². The Bertz CT molecular complexity index is 937. The molecule has 5 nitrogen and oxygen atoms in total. The van der Waals surface area contributed by atoms with E-state index >= 15 is 0 Å². The first kappa shape index (κ1) is 18.5. The smallest absolute Gasteiger partial charge is 0.253 e. The van der Waals surface area contributed by atoms with Crippen LogP contribution in [-0.4, -0.2) is 18.0 Å². The minimum absolute atomic E-state index is 0.174. The number of aryl methyl sites for hydroxylation is 2. The van der Waals surface area contributed by atoms with Crippen molar-refractivity contribution in [2.24, 2.45) is 0 Å². The molecule has 138 valence electrons. The number of ether oxygens (including phenoxy) is 1. The maximum absolute atomic E-state index is 12.4. The molecule has 0 bridgehead atoms. The zero-order chi connectivity index (χ0) is 19.2. The number of aromatic nitrogens is 1. The minimum atomic E-state index is -0.174. The van der Waals surface area contributed by atoms with Crippen molar-refractivity contribution in [1.29, 1.82) is 0 Å². The van der Waals surface area contributed by atoms with E-state index in [1.807, 2.05) is 38.1 Å². The molecule has 5 heteroatoms. The summed E-state index contributed by atoms with van der Waals surface area (Å²) in [6.45, 7) is 4.49. The van der Waals surface area contributed by atoms with E-state index in [0.717, 1.165) is 22.6 Å². The highest BCUT2D eigenvalue weighted by Crippen LogP contribution is 2.21. The predicted octanol–water partition coefficient (Wildman–Crippen LogP) is 4.38. The van der Waals surface area contributed by atoms with Gasteiger partial charge in [-0.15, -0.1) is 0 Å². The summed E-state index contributed by atoms with van der Waals surface area (Å²) < 4.78 is 5.30. The summed E-state index contributed by atoms with van der Waals surface area (Å²) in [6.07, 6.45) is 1.57. The molecule has 2 N–H and O–H groups in total. The monoisotopic (exact) mass is 361 g/mol. The number of anilines is 2. The number of methoxy groups -OCH3 is 1. The Balaban J connectivity index is 1.64. The molecular formula is C22H23N3O2. The Hall–Kier alpha value is -3.34. The standard InChI is InChI=1S/C22H23N3O2/c1-15-8-9-16(2)19(12-15)25-21-11-10-18(14-23-21)22(26)24-13-17-6-4-5-7-20(17)27-3/h4-12,14H,13H2,1-3H3,(H,23,25)(H,24,26). The Kier molecular flexibility index (Phi) is 5.71. The summed E-state index contributed by atoms with van der Waals surface area (Å²) in [6, 6.07) is 17.4. The van der Waals surface area contributed by atoms with Crippen LogP contribution in [0.25, 0.3) is 0 Å². The topological polar surface area (TPSA) is 63.2 Å². The molecule has 0 spiro atoms. The number of carbonyl (C=O) groups excluding carboxylic acids is 1. The van der Waals surface area contributed by atoms with E-state index in [4.69, 9.17) is 4.74 Å². The van der Waals surface area contributed by atoms with Gasteiger partial charge in [0.2, 0.25) is 0 Å². The highest BCUT2D eigenvalue weighted by atomic mass is 16.5. The molecule has 1 heterocycles. The van der Waals surface area contributed by atoms with Gasteiger partial charge in [0.1, 0.15) is 11.6 Å². The molecule has 0 radical (unpaired) electrons. The summed E-state index contributed by atoms with van der Waals surface area (Å²) in [4.78, 5) is 16.7. The molecule has 3 rings (SSSR count). The van der Waals surface area contributed by atoms with Crippen molar-refractivity contribution in [2.45, 2.75) is 20.4 Å². The lowest BCUT2D eigenvalue weighted by molar-refractivity contribution is 0.0950. The van der Waals surface area contributed by atoms with E-state index in [1.165, 1.54) is 5.56 Å².